The molecule has 0 N–H and O–H groups in total. The topological polar surface area (TPSA) is 20.3 Å². The van der Waals surface area contributed by atoms with Gasteiger partial charge in [-0.3, -0.25) is 0 Å². The normalized spacial score (nSPS) is 17.2. The lowest BCUT2D eigenvalue weighted by Crippen LogP contribution is -2.32. The molecule has 0 bridgehead atoms. The van der Waals surface area contributed by atoms with Crippen LogP contribution in [0.2, 0.25) is 5.02 Å². The van der Waals surface area contributed by atoms with Gasteiger partial charge in [0.05, 0.1) is 4.21 Å². The minimum Gasteiger partial charge on any atom is -0.303 e. The zero-order valence-corrected chi connectivity index (χ0v) is 17.3. The number of rotatable bonds is 4. The van der Waals surface area contributed by atoms with E-state index >= 15 is 0 Å². The summed E-state index contributed by atoms with van der Waals surface area (Å²) in [6, 6.07) is 8.57. The quantitative estimate of drug-likeness (QED) is 0.522. The molecule has 0 radical (unpaired) electrons. The van der Waals surface area contributed by atoms with E-state index in [9.17, 15) is 4.79 Å². The Morgan fingerprint density at radius 1 is 1.19 bits per heavy atom. The summed E-state index contributed by atoms with van der Waals surface area (Å²) in [5.41, 5.74) is 5.74. The fraction of sp³-hybridized carbons (Fsp3) is 0.381. The molecule has 1 aromatic heterocycles. The van der Waals surface area contributed by atoms with Crippen LogP contribution in [0, 0.1) is 0 Å². The van der Waals surface area contributed by atoms with Crippen LogP contribution >= 0.6 is 34.7 Å². The molecule has 4 rings (SSSR count). The van der Waals surface area contributed by atoms with Crippen molar-refractivity contribution in [3.8, 4) is 0 Å². The average Bonchev–Trinajstić information content (AvgIpc) is 3.08. The van der Waals surface area contributed by atoms with E-state index in [0.29, 0.717) is 12.2 Å². The Kier molecular flexibility index (Phi) is 5.55. The average molecular weight is 404 g/mol. The Morgan fingerprint density at radius 2 is 2.00 bits per heavy atom. The largest absolute Gasteiger partial charge is 0.303 e. The van der Waals surface area contributed by atoms with Gasteiger partial charge in [0.25, 0.3) is 0 Å². The van der Waals surface area contributed by atoms with Crippen LogP contribution in [-0.4, -0.2) is 30.3 Å². The Balaban J connectivity index is 1.58. The number of carbonyl (C=O) groups is 1. The zero-order valence-electron chi connectivity index (χ0n) is 14.9. The number of carbonyl (C=O) groups excluding carboxylic acids is 1. The molecule has 2 aliphatic rings. The van der Waals surface area contributed by atoms with E-state index in [1.165, 1.54) is 25.8 Å². The summed E-state index contributed by atoms with van der Waals surface area (Å²) in [7, 11) is 0. The van der Waals surface area contributed by atoms with Crippen molar-refractivity contribution in [2.24, 2.45) is 0 Å². The number of piperidine rings is 1. The van der Waals surface area contributed by atoms with E-state index in [0.717, 1.165) is 43.9 Å². The van der Waals surface area contributed by atoms with Crippen LogP contribution in [-0.2, 0) is 4.79 Å². The number of halogens is 1. The molecule has 0 unspecified atom stereocenters. The van der Waals surface area contributed by atoms with E-state index in [4.69, 9.17) is 11.6 Å². The maximum atomic E-state index is 11.1. The van der Waals surface area contributed by atoms with E-state index < -0.39 is 0 Å². The smallest absolute Gasteiger partial charge is 0.129 e. The molecule has 1 fully saturated rings. The first-order valence-corrected chi connectivity index (χ1v) is 11.2. The van der Waals surface area contributed by atoms with Crippen molar-refractivity contribution in [3.05, 3.63) is 51.4 Å². The van der Waals surface area contributed by atoms with Crippen molar-refractivity contribution in [2.75, 3.05) is 19.6 Å². The summed E-state index contributed by atoms with van der Waals surface area (Å²) in [5.74, 6) is 0.296. The molecule has 0 amide bonds. The predicted octanol–water partition coefficient (Wildman–Crippen LogP) is 6.13. The maximum Gasteiger partial charge on any atom is 0.129 e. The molecule has 0 spiro atoms. The van der Waals surface area contributed by atoms with Crippen LogP contribution in [0.25, 0.3) is 5.57 Å². The Morgan fingerprint density at radius 3 is 2.77 bits per heavy atom. The van der Waals surface area contributed by atoms with Gasteiger partial charge in [0.2, 0.25) is 0 Å². The third kappa shape index (κ3) is 3.79. The van der Waals surface area contributed by atoms with Crippen LogP contribution in [0.5, 0.6) is 0 Å². The number of benzene rings is 1. The zero-order chi connectivity index (χ0) is 18.1. The number of thiophene rings is 1. The first-order valence-electron chi connectivity index (χ1n) is 9.11. The second kappa shape index (κ2) is 7.89. The van der Waals surface area contributed by atoms with Crippen LogP contribution < -0.4 is 0 Å². The van der Waals surface area contributed by atoms with Gasteiger partial charge in [0.15, 0.2) is 0 Å². The van der Waals surface area contributed by atoms with Crippen molar-refractivity contribution in [3.63, 3.8) is 0 Å². The second-order valence-electron chi connectivity index (χ2n) is 6.99. The highest BCUT2D eigenvalue weighted by Crippen LogP contribution is 2.50. The first-order chi connectivity index (χ1) is 12.6. The van der Waals surface area contributed by atoms with Crippen molar-refractivity contribution < 1.29 is 4.79 Å². The summed E-state index contributed by atoms with van der Waals surface area (Å²) in [5, 5.41) is 3.00. The molecule has 0 aliphatic carbocycles. The van der Waals surface area contributed by atoms with Gasteiger partial charge in [-0.25, -0.2) is 0 Å². The summed E-state index contributed by atoms with van der Waals surface area (Å²) in [4.78, 5) is 14.9. The van der Waals surface area contributed by atoms with Gasteiger partial charge in [-0.1, -0.05) is 35.0 Å². The lowest BCUT2D eigenvalue weighted by Gasteiger charge is -2.31. The number of nitrogens with zero attached hydrogens (tertiary/aromatic N) is 1. The lowest BCUT2D eigenvalue weighted by atomic mass is 9.89. The number of likely N-dealkylation sites (tertiary alicyclic amines) is 1. The summed E-state index contributed by atoms with van der Waals surface area (Å²) in [6.07, 6.45) is 3.90. The van der Waals surface area contributed by atoms with E-state index in [1.807, 2.05) is 29.2 Å². The molecule has 0 atom stereocenters. The molecule has 26 heavy (non-hydrogen) atoms. The van der Waals surface area contributed by atoms with Crippen LogP contribution in [0.15, 0.2) is 44.3 Å². The van der Waals surface area contributed by atoms with E-state index in [2.05, 4.69) is 28.5 Å². The van der Waals surface area contributed by atoms with Gasteiger partial charge >= 0.3 is 0 Å². The third-order valence-corrected chi connectivity index (χ3v) is 7.57. The Bertz CT molecular complexity index is 861. The predicted molar refractivity (Wildman–Crippen MR) is 112 cm³/mol. The molecule has 0 saturated carbocycles. The number of ketones is 1. The molecule has 1 aromatic carbocycles. The van der Waals surface area contributed by atoms with Gasteiger partial charge < -0.3 is 9.69 Å². The highest BCUT2D eigenvalue weighted by Gasteiger charge is 2.26. The molecule has 2 aliphatic heterocycles. The van der Waals surface area contributed by atoms with E-state index in [-0.39, 0.29) is 0 Å². The molecule has 3 heterocycles. The summed E-state index contributed by atoms with van der Waals surface area (Å²) < 4.78 is 1.38. The van der Waals surface area contributed by atoms with Crippen LogP contribution in [0.3, 0.4) is 0 Å². The molecule has 136 valence electrons. The van der Waals surface area contributed by atoms with Gasteiger partial charge in [0, 0.05) is 35.0 Å². The number of fused-ring (bicyclic) bond motifs is 2. The Hall–Kier alpha value is -1.07. The molecular weight excluding hydrogens is 382 g/mol. The minimum atomic E-state index is 0.296. The molecule has 2 aromatic rings. The highest BCUT2D eigenvalue weighted by atomic mass is 35.5. The highest BCUT2D eigenvalue weighted by molar-refractivity contribution is 8.01. The first kappa shape index (κ1) is 18.3. The van der Waals surface area contributed by atoms with Crippen molar-refractivity contribution in [1.29, 1.82) is 0 Å². The lowest BCUT2D eigenvalue weighted by molar-refractivity contribution is -0.117. The second-order valence-corrected chi connectivity index (χ2v) is 9.65. The van der Waals surface area contributed by atoms with E-state index in [1.54, 1.807) is 12.5 Å². The molecule has 2 nitrogen and oxygen atoms in total. The summed E-state index contributed by atoms with van der Waals surface area (Å²) in [6.45, 7) is 4.90. The number of Topliss-reactive ketones (excluding diaryl/α,β-unsaturated/α-hetero) is 1. The SMILES string of the molecule is CC(=O)CCCN1CCC(=C2c3ccc(Cl)cc3Sc3sccc32)CC1. The monoisotopic (exact) mass is 403 g/mol. The fourth-order valence-corrected chi connectivity index (χ4v) is 6.26. The summed E-state index contributed by atoms with van der Waals surface area (Å²) >= 11 is 9.91. The molecular formula is C21H22ClNOS2. The van der Waals surface area contributed by atoms with Gasteiger partial charge in [-0.15, -0.1) is 11.3 Å². The molecule has 1 saturated heterocycles. The maximum absolute atomic E-state index is 11.1. The van der Waals surface area contributed by atoms with Crippen LogP contribution in [0.1, 0.15) is 43.7 Å². The van der Waals surface area contributed by atoms with Crippen LogP contribution in [0.4, 0.5) is 0 Å². The fourth-order valence-electron chi connectivity index (χ4n) is 3.82. The van der Waals surface area contributed by atoms with Crippen molar-refractivity contribution >= 4 is 46.1 Å². The van der Waals surface area contributed by atoms with Crippen molar-refractivity contribution in [2.45, 2.75) is 41.7 Å². The standard InChI is InChI=1S/C21H22ClNOS2/c1-14(24)3-2-9-23-10-6-15(7-11-23)20-17-5-4-16(22)13-19(17)26-21-18(20)8-12-25-21/h4-5,8,12-13H,2-3,6-7,9-11H2,1H3. The van der Waals surface area contributed by atoms with Crippen molar-refractivity contribution in [1.82, 2.24) is 4.90 Å². The third-order valence-electron chi connectivity index (χ3n) is 5.13. The van der Waals surface area contributed by atoms with Gasteiger partial charge in [-0.05, 0) is 67.4 Å². The minimum absolute atomic E-state index is 0.296. The number of hydrogen-bond donors (Lipinski definition) is 0. The van der Waals surface area contributed by atoms with Gasteiger partial charge in [-0.2, -0.15) is 0 Å². The Labute approximate surface area is 168 Å². The number of hydrogen-bond acceptors (Lipinski definition) is 4. The molecule has 5 heteroatoms. The van der Waals surface area contributed by atoms with Gasteiger partial charge in [0.1, 0.15) is 5.78 Å².